The van der Waals surface area contributed by atoms with E-state index in [9.17, 15) is 0 Å². The molecule has 5 heteroatoms. The van der Waals surface area contributed by atoms with Gasteiger partial charge >= 0.3 is 0 Å². The summed E-state index contributed by atoms with van der Waals surface area (Å²) in [5.41, 5.74) is 7.93. The van der Waals surface area contributed by atoms with Gasteiger partial charge < -0.3 is 15.4 Å². The van der Waals surface area contributed by atoms with Gasteiger partial charge in [-0.15, -0.1) is 0 Å². The normalized spacial score (nSPS) is 10.4. The number of rotatable bonds is 7. The van der Waals surface area contributed by atoms with Crippen LogP contribution in [-0.4, -0.2) is 23.6 Å². The number of benzene rings is 1. The molecule has 0 radical (unpaired) electrons. The molecule has 1 aromatic carbocycles. The van der Waals surface area contributed by atoms with E-state index in [4.69, 9.17) is 10.5 Å². The Morgan fingerprint density at radius 1 is 1.14 bits per heavy atom. The minimum atomic E-state index is 0.566. The van der Waals surface area contributed by atoms with E-state index in [0.717, 1.165) is 18.5 Å². The van der Waals surface area contributed by atoms with Gasteiger partial charge in [-0.1, -0.05) is 31.2 Å². The zero-order valence-corrected chi connectivity index (χ0v) is 12.6. The number of nitrogens with zero attached hydrogens (tertiary/aromatic N) is 3. The number of hydrogen-bond donors (Lipinski definition) is 1. The molecule has 5 nitrogen and oxygen atoms in total. The van der Waals surface area contributed by atoms with Gasteiger partial charge in [0.25, 0.3) is 0 Å². The molecular formula is C16H22N4O. The van der Waals surface area contributed by atoms with Crippen LogP contribution in [0.3, 0.4) is 0 Å². The highest BCUT2D eigenvalue weighted by Gasteiger charge is 2.07. The lowest BCUT2D eigenvalue weighted by Gasteiger charge is -2.17. The highest BCUT2D eigenvalue weighted by Crippen LogP contribution is 2.14. The molecule has 0 saturated heterocycles. The first-order valence-electron chi connectivity index (χ1n) is 7.17. The number of aromatic nitrogens is 2. The molecule has 1 aromatic heterocycles. The molecule has 0 atom stereocenters. The number of ether oxygens (including phenoxy) is 1. The van der Waals surface area contributed by atoms with Crippen molar-refractivity contribution in [3.8, 4) is 5.88 Å². The SMILES string of the molecule is CCCOc1ccnc(N(C)Cc2ccc(CN)cc2)n1. The second-order valence-electron chi connectivity index (χ2n) is 4.92. The maximum Gasteiger partial charge on any atom is 0.228 e. The summed E-state index contributed by atoms with van der Waals surface area (Å²) in [7, 11) is 1.97. The third-order valence-electron chi connectivity index (χ3n) is 3.09. The summed E-state index contributed by atoms with van der Waals surface area (Å²) < 4.78 is 5.53. The molecule has 0 fully saturated rings. The van der Waals surface area contributed by atoms with Crippen molar-refractivity contribution in [2.75, 3.05) is 18.6 Å². The lowest BCUT2D eigenvalue weighted by molar-refractivity contribution is 0.305. The van der Waals surface area contributed by atoms with Crippen LogP contribution in [0.25, 0.3) is 0 Å². The van der Waals surface area contributed by atoms with Gasteiger partial charge in [0.1, 0.15) is 0 Å². The molecule has 21 heavy (non-hydrogen) atoms. The monoisotopic (exact) mass is 286 g/mol. The van der Waals surface area contributed by atoms with Gasteiger partial charge in [-0.25, -0.2) is 4.98 Å². The number of hydrogen-bond acceptors (Lipinski definition) is 5. The van der Waals surface area contributed by atoms with Crippen LogP contribution in [0.2, 0.25) is 0 Å². The van der Waals surface area contributed by atoms with Gasteiger partial charge in [0.15, 0.2) is 0 Å². The smallest absolute Gasteiger partial charge is 0.228 e. The van der Waals surface area contributed by atoms with Crippen LogP contribution in [0.4, 0.5) is 5.95 Å². The zero-order valence-electron chi connectivity index (χ0n) is 12.6. The van der Waals surface area contributed by atoms with Crippen LogP contribution in [0.15, 0.2) is 36.5 Å². The molecule has 0 spiro atoms. The summed E-state index contributed by atoms with van der Waals surface area (Å²) in [6, 6.07) is 10.0. The summed E-state index contributed by atoms with van der Waals surface area (Å²) in [6.07, 6.45) is 2.68. The fraction of sp³-hybridized carbons (Fsp3) is 0.375. The Labute approximate surface area is 125 Å². The molecule has 0 amide bonds. The minimum Gasteiger partial charge on any atom is -0.478 e. The summed E-state index contributed by atoms with van der Waals surface area (Å²) in [5.74, 6) is 1.28. The Bertz CT molecular complexity index is 556. The quantitative estimate of drug-likeness (QED) is 0.846. The Morgan fingerprint density at radius 2 is 1.86 bits per heavy atom. The number of nitrogens with two attached hydrogens (primary N) is 1. The molecule has 2 rings (SSSR count). The molecule has 0 aliphatic heterocycles. The lowest BCUT2D eigenvalue weighted by atomic mass is 10.1. The van der Waals surface area contributed by atoms with E-state index in [1.54, 1.807) is 12.3 Å². The van der Waals surface area contributed by atoms with Crippen molar-refractivity contribution in [1.82, 2.24) is 9.97 Å². The predicted molar refractivity (Wildman–Crippen MR) is 84.3 cm³/mol. The summed E-state index contributed by atoms with van der Waals surface area (Å²) in [4.78, 5) is 10.7. The maximum atomic E-state index is 5.60. The predicted octanol–water partition coefficient (Wildman–Crippen LogP) is 2.36. The van der Waals surface area contributed by atoms with Crippen LogP contribution < -0.4 is 15.4 Å². The van der Waals surface area contributed by atoms with Crippen molar-refractivity contribution in [1.29, 1.82) is 0 Å². The minimum absolute atomic E-state index is 0.566. The van der Waals surface area contributed by atoms with E-state index in [2.05, 4.69) is 29.0 Å². The Kier molecular flexibility index (Phi) is 5.51. The molecular weight excluding hydrogens is 264 g/mol. The Morgan fingerprint density at radius 3 is 2.52 bits per heavy atom. The molecule has 0 saturated carbocycles. The van der Waals surface area contributed by atoms with Gasteiger partial charge in [0.05, 0.1) is 6.61 Å². The maximum absolute atomic E-state index is 5.60. The average molecular weight is 286 g/mol. The van der Waals surface area contributed by atoms with Gasteiger partial charge in [-0.3, -0.25) is 0 Å². The van der Waals surface area contributed by atoms with Crippen molar-refractivity contribution in [3.63, 3.8) is 0 Å². The van der Waals surface area contributed by atoms with Crippen molar-refractivity contribution in [2.24, 2.45) is 5.73 Å². The largest absolute Gasteiger partial charge is 0.478 e. The summed E-state index contributed by atoms with van der Waals surface area (Å²) in [6.45, 7) is 4.04. The number of anilines is 1. The van der Waals surface area contributed by atoms with E-state index in [1.165, 1.54) is 5.56 Å². The third kappa shape index (κ3) is 4.43. The molecule has 112 valence electrons. The van der Waals surface area contributed by atoms with Crippen LogP contribution in [-0.2, 0) is 13.1 Å². The first-order chi connectivity index (χ1) is 10.2. The molecule has 2 aromatic rings. The van der Waals surface area contributed by atoms with Gasteiger partial charge in [0.2, 0.25) is 11.8 Å². The van der Waals surface area contributed by atoms with Crippen LogP contribution in [0.5, 0.6) is 5.88 Å². The van der Waals surface area contributed by atoms with Crippen molar-refractivity contribution in [2.45, 2.75) is 26.4 Å². The van der Waals surface area contributed by atoms with Gasteiger partial charge in [0, 0.05) is 32.4 Å². The second kappa shape index (κ2) is 7.59. The molecule has 0 aliphatic carbocycles. The van der Waals surface area contributed by atoms with E-state index in [1.807, 2.05) is 24.1 Å². The first-order valence-corrected chi connectivity index (χ1v) is 7.17. The van der Waals surface area contributed by atoms with Crippen LogP contribution >= 0.6 is 0 Å². The molecule has 0 aliphatic rings. The van der Waals surface area contributed by atoms with Crippen molar-refractivity contribution in [3.05, 3.63) is 47.7 Å². The fourth-order valence-corrected chi connectivity index (χ4v) is 1.93. The highest BCUT2D eigenvalue weighted by molar-refractivity contribution is 5.33. The Hall–Kier alpha value is -2.14. The van der Waals surface area contributed by atoms with E-state index in [-0.39, 0.29) is 0 Å². The topological polar surface area (TPSA) is 64.3 Å². The van der Waals surface area contributed by atoms with Crippen molar-refractivity contribution < 1.29 is 4.74 Å². The Balaban J connectivity index is 2.03. The van der Waals surface area contributed by atoms with E-state index in [0.29, 0.717) is 25.0 Å². The lowest BCUT2D eigenvalue weighted by Crippen LogP contribution is -2.19. The van der Waals surface area contributed by atoms with E-state index >= 15 is 0 Å². The van der Waals surface area contributed by atoms with Gasteiger partial charge in [-0.2, -0.15) is 4.98 Å². The average Bonchev–Trinajstić information content (AvgIpc) is 2.54. The molecule has 1 heterocycles. The first kappa shape index (κ1) is 15.3. The van der Waals surface area contributed by atoms with Crippen LogP contribution in [0.1, 0.15) is 24.5 Å². The third-order valence-corrected chi connectivity index (χ3v) is 3.09. The molecule has 2 N–H and O–H groups in total. The summed E-state index contributed by atoms with van der Waals surface area (Å²) in [5, 5.41) is 0. The van der Waals surface area contributed by atoms with Crippen LogP contribution in [0, 0.1) is 0 Å². The van der Waals surface area contributed by atoms with Crippen molar-refractivity contribution >= 4 is 5.95 Å². The standard InChI is InChI=1S/C16H22N4O/c1-3-10-21-15-8-9-18-16(19-15)20(2)12-14-6-4-13(11-17)5-7-14/h4-9H,3,10-12,17H2,1-2H3. The fourth-order valence-electron chi connectivity index (χ4n) is 1.93. The molecule has 0 bridgehead atoms. The second-order valence-corrected chi connectivity index (χ2v) is 4.92. The van der Waals surface area contributed by atoms with E-state index < -0.39 is 0 Å². The highest BCUT2D eigenvalue weighted by atomic mass is 16.5. The van der Waals surface area contributed by atoms with Gasteiger partial charge in [-0.05, 0) is 17.5 Å². The zero-order chi connectivity index (χ0) is 15.1. The summed E-state index contributed by atoms with van der Waals surface area (Å²) >= 11 is 0. The molecule has 0 unspecified atom stereocenters.